The zero-order valence-electron chi connectivity index (χ0n) is 21.2. The fraction of sp³-hybridized carbons (Fsp3) is 0.188. The van der Waals surface area contributed by atoms with Crippen molar-refractivity contribution in [2.24, 2.45) is 0 Å². The van der Waals surface area contributed by atoms with Crippen LogP contribution in [0.4, 0.5) is 0 Å². The minimum atomic E-state index is -0.408. The van der Waals surface area contributed by atoms with Gasteiger partial charge in [0.15, 0.2) is 0 Å². The third-order valence-electron chi connectivity index (χ3n) is 6.08. The maximum absolute atomic E-state index is 13.2. The van der Waals surface area contributed by atoms with E-state index >= 15 is 0 Å². The highest BCUT2D eigenvalue weighted by atomic mass is 16.5. The molecular weight excluding hydrogens is 462 g/mol. The molecule has 4 aromatic carbocycles. The van der Waals surface area contributed by atoms with Crippen molar-refractivity contribution < 1.29 is 19.1 Å². The quantitative estimate of drug-likeness (QED) is 0.188. The average Bonchev–Trinajstić information content (AvgIpc) is 2.92. The third kappa shape index (κ3) is 7.07. The van der Waals surface area contributed by atoms with Crippen molar-refractivity contribution in [1.29, 1.82) is 0 Å². The molecule has 4 rings (SSSR count). The second-order valence-electron chi connectivity index (χ2n) is 8.76. The van der Waals surface area contributed by atoms with E-state index in [4.69, 9.17) is 9.47 Å². The van der Waals surface area contributed by atoms with Crippen LogP contribution in [0.1, 0.15) is 23.6 Å². The van der Waals surface area contributed by atoms with Gasteiger partial charge in [0.25, 0.3) is 0 Å². The summed E-state index contributed by atoms with van der Waals surface area (Å²) in [5.74, 6) is 1.02. The van der Waals surface area contributed by atoms with Gasteiger partial charge in [-0.2, -0.15) is 0 Å². The Morgan fingerprint density at radius 1 is 0.865 bits per heavy atom. The minimum absolute atomic E-state index is 0.0261. The fourth-order valence-corrected chi connectivity index (χ4v) is 4.13. The molecule has 0 bridgehead atoms. The second-order valence-corrected chi connectivity index (χ2v) is 8.76. The number of nitrogens with zero attached hydrogens (tertiary/aromatic N) is 1. The highest BCUT2D eigenvalue weighted by Gasteiger charge is 2.15. The molecule has 188 valence electrons. The maximum atomic E-state index is 13.2. The van der Waals surface area contributed by atoms with Gasteiger partial charge in [0.05, 0.1) is 13.0 Å². The summed E-state index contributed by atoms with van der Waals surface area (Å²) in [5.41, 5.74) is 2.86. The molecule has 0 aliphatic carbocycles. The van der Waals surface area contributed by atoms with Crippen LogP contribution >= 0.6 is 0 Å². The lowest BCUT2D eigenvalue weighted by molar-refractivity contribution is -0.137. The Morgan fingerprint density at radius 3 is 2.32 bits per heavy atom. The number of para-hydroxylation sites is 1. The molecule has 0 unspecified atom stereocenters. The minimum Gasteiger partial charge on any atom is -0.463 e. The molecular formula is C32H31NO4. The Morgan fingerprint density at radius 2 is 1.59 bits per heavy atom. The number of amides is 1. The van der Waals surface area contributed by atoms with Crippen molar-refractivity contribution in [3.05, 3.63) is 114 Å². The predicted molar refractivity (Wildman–Crippen MR) is 148 cm³/mol. The normalized spacial score (nSPS) is 11.0. The summed E-state index contributed by atoms with van der Waals surface area (Å²) >= 11 is 0. The number of ether oxygens (including phenoxy) is 2. The van der Waals surface area contributed by atoms with Crippen molar-refractivity contribution in [1.82, 2.24) is 4.90 Å². The van der Waals surface area contributed by atoms with Crippen LogP contribution in [0.3, 0.4) is 0 Å². The molecule has 5 heteroatoms. The molecule has 1 amide bonds. The lowest BCUT2D eigenvalue weighted by Gasteiger charge is -2.19. The van der Waals surface area contributed by atoms with Crippen molar-refractivity contribution >= 4 is 28.7 Å². The van der Waals surface area contributed by atoms with Crippen LogP contribution < -0.4 is 4.74 Å². The number of fused-ring (bicyclic) bond motifs is 1. The lowest BCUT2D eigenvalue weighted by Crippen LogP contribution is -2.30. The molecule has 0 heterocycles. The summed E-state index contributed by atoms with van der Waals surface area (Å²) in [6, 6.07) is 29.5. The van der Waals surface area contributed by atoms with E-state index in [-0.39, 0.29) is 12.3 Å². The molecule has 0 radical (unpaired) electrons. The smallest absolute Gasteiger partial charge is 0.330 e. The molecule has 0 saturated heterocycles. The molecule has 0 spiro atoms. The average molecular weight is 494 g/mol. The number of esters is 1. The summed E-state index contributed by atoms with van der Waals surface area (Å²) in [7, 11) is 1.84. The van der Waals surface area contributed by atoms with E-state index in [1.54, 1.807) is 17.9 Å². The first-order chi connectivity index (χ1) is 18.0. The maximum Gasteiger partial charge on any atom is 0.330 e. The van der Waals surface area contributed by atoms with E-state index in [9.17, 15) is 9.59 Å². The van der Waals surface area contributed by atoms with Gasteiger partial charge >= 0.3 is 5.97 Å². The number of hydrogen-bond acceptors (Lipinski definition) is 4. The van der Waals surface area contributed by atoms with Gasteiger partial charge < -0.3 is 14.4 Å². The highest BCUT2D eigenvalue weighted by Crippen LogP contribution is 2.33. The van der Waals surface area contributed by atoms with Gasteiger partial charge in [0.1, 0.15) is 11.5 Å². The topological polar surface area (TPSA) is 55.8 Å². The van der Waals surface area contributed by atoms with E-state index < -0.39 is 5.97 Å². The largest absolute Gasteiger partial charge is 0.463 e. The molecule has 37 heavy (non-hydrogen) atoms. The van der Waals surface area contributed by atoms with E-state index in [0.717, 1.165) is 34.1 Å². The van der Waals surface area contributed by atoms with E-state index in [1.165, 1.54) is 11.6 Å². The molecule has 0 saturated carbocycles. The molecule has 0 N–H and O–H groups in total. The predicted octanol–water partition coefficient (Wildman–Crippen LogP) is 6.45. The summed E-state index contributed by atoms with van der Waals surface area (Å²) in [6.07, 6.45) is 4.14. The van der Waals surface area contributed by atoms with Crippen LogP contribution in [-0.2, 0) is 27.2 Å². The van der Waals surface area contributed by atoms with Crippen LogP contribution in [0.2, 0.25) is 0 Å². The SMILES string of the molecule is CCOC(=O)/C=C/c1cc(CC(=O)N(C)CCc2ccccc2)c2cccc(Oc3ccccc3)c2c1. The van der Waals surface area contributed by atoms with E-state index in [0.29, 0.717) is 18.9 Å². The Kier molecular flexibility index (Phi) is 8.71. The molecule has 0 aromatic heterocycles. The molecule has 0 aliphatic rings. The van der Waals surface area contributed by atoms with Crippen LogP contribution in [0.5, 0.6) is 11.5 Å². The zero-order chi connectivity index (χ0) is 26.0. The fourth-order valence-electron chi connectivity index (χ4n) is 4.13. The van der Waals surface area contributed by atoms with Gasteiger partial charge in [-0.3, -0.25) is 4.79 Å². The first-order valence-electron chi connectivity index (χ1n) is 12.4. The number of carbonyl (C=O) groups excluding carboxylic acids is 2. The van der Waals surface area contributed by atoms with Gasteiger partial charge in [-0.1, -0.05) is 66.7 Å². The van der Waals surface area contributed by atoms with Gasteiger partial charge in [-0.05, 0) is 65.8 Å². The number of rotatable bonds is 10. The molecule has 0 atom stereocenters. The molecule has 4 aromatic rings. The zero-order valence-corrected chi connectivity index (χ0v) is 21.2. The standard InChI is InChI=1S/C32H31NO4/c1-3-36-32(35)18-17-25-21-26(23-31(34)33(2)20-19-24-11-6-4-7-12-24)28-15-10-16-30(29(28)22-25)37-27-13-8-5-9-14-27/h4-18,21-22H,3,19-20,23H2,1-2H3/b18-17+. The van der Waals surface area contributed by atoms with Crippen LogP contribution in [0.15, 0.2) is 97.1 Å². The number of benzene rings is 4. The van der Waals surface area contributed by atoms with Crippen molar-refractivity contribution in [3.63, 3.8) is 0 Å². The Balaban J connectivity index is 1.64. The summed E-state index contributed by atoms with van der Waals surface area (Å²) < 4.78 is 11.2. The van der Waals surface area contributed by atoms with Gasteiger partial charge in [0, 0.05) is 25.1 Å². The second kappa shape index (κ2) is 12.5. The highest BCUT2D eigenvalue weighted by molar-refractivity contribution is 5.96. The van der Waals surface area contributed by atoms with Crippen molar-refractivity contribution in [2.45, 2.75) is 19.8 Å². The van der Waals surface area contributed by atoms with Crippen molar-refractivity contribution in [3.8, 4) is 11.5 Å². The molecule has 5 nitrogen and oxygen atoms in total. The Bertz CT molecular complexity index is 1380. The monoisotopic (exact) mass is 493 g/mol. The first-order valence-corrected chi connectivity index (χ1v) is 12.4. The summed E-state index contributed by atoms with van der Waals surface area (Å²) in [6.45, 7) is 2.71. The lowest BCUT2D eigenvalue weighted by atomic mass is 9.97. The van der Waals surface area contributed by atoms with E-state index in [2.05, 4.69) is 12.1 Å². The van der Waals surface area contributed by atoms with Crippen LogP contribution in [0.25, 0.3) is 16.8 Å². The third-order valence-corrected chi connectivity index (χ3v) is 6.08. The van der Waals surface area contributed by atoms with Crippen LogP contribution in [-0.4, -0.2) is 37.0 Å². The van der Waals surface area contributed by atoms with Gasteiger partial charge in [-0.15, -0.1) is 0 Å². The molecule has 0 fully saturated rings. The summed E-state index contributed by atoms with van der Waals surface area (Å²) in [5, 5.41) is 1.80. The number of hydrogen-bond donors (Lipinski definition) is 0. The first kappa shape index (κ1) is 25.7. The number of likely N-dealkylation sites (N-methyl/N-ethyl adjacent to an activating group) is 1. The van der Waals surface area contributed by atoms with Gasteiger partial charge in [-0.25, -0.2) is 4.79 Å². The summed E-state index contributed by atoms with van der Waals surface area (Å²) in [4.78, 5) is 26.9. The molecule has 0 aliphatic heterocycles. The van der Waals surface area contributed by atoms with Crippen LogP contribution in [0, 0.1) is 0 Å². The van der Waals surface area contributed by atoms with E-state index in [1.807, 2.05) is 85.9 Å². The van der Waals surface area contributed by atoms with Crippen molar-refractivity contribution in [2.75, 3.05) is 20.2 Å². The Hall–Kier alpha value is -4.38. The Labute approximate surface area is 217 Å². The number of carbonyl (C=O) groups is 2. The van der Waals surface area contributed by atoms with Gasteiger partial charge in [0.2, 0.25) is 5.91 Å².